The standard InChI is InChI=1S/C29H37N5O3/c1-4-17(3)32-25-14-23(16(2)11-24(25)28(30)36)29(37)33-20-12-21-8-9-22(13-20)34(21)26-10-7-19(15-31-26)27(35)18-5-6-18/h7,10-11,14-15,17-18,20-22,32H,4-6,8-9,12-13H2,1-3H3,(H2,30,36)(H,33,37). The van der Waals surface area contributed by atoms with E-state index >= 15 is 0 Å². The van der Waals surface area contributed by atoms with Gasteiger partial charge in [0, 0.05) is 53.1 Å². The summed E-state index contributed by atoms with van der Waals surface area (Å²) in [5.41, 5.74) is 8.60. The molecule has 5 rings (SSSR count). The summed E-state index contributed by atoms with van der Waals surface area (Å²) in [4.78, 5) is 44.7. The molecule has 2 saturated heterocycles. The van der Waals surface area contributed by atoms with Crippen molar-refractivity contribution in [1.29, 1.82) is 0 Å². The summed E-state index contributed by atoms with van der Waals surface area (Å²) in [6.07, 6.45) is 8.43. The number of amides is 2. The van der Waals surface area contributed by atoms with Gasteiger partial charge in [0.25, 0.3) is 11.8 Å². The molecule has 2 bridgehead atoms. The van der Waals surface area contributed by atoms with Crippen LogP contribution in [0.25, 0.3) is 0 Å². The molecule has 3 atom stereocenters. The fourth-order valence-corrected chi connectivity index (χ4v) is 5.84. The van der Waals surface area contributed by atoms with Crippen LogP contribution in [-0.2, 0) is 0 Å². The van der Waals surface area contributed by atoms with Crippen LogP contribution in [0.15, 0.2) is 30.5 Å². The lowest BCUT2D eigenvalue weighted by Crippen LogP contribution is -2.50. The van der Waals surface area contributed by atoms with Crippen molar-refractivity contribution in [3.05, 3.63) is 52.7 Å². The number of nitrogens with zero attached hydrogens (tertiary/aromatic N) is 2. The average Bonchev–Trinajstić information content (AvgIpc) is 3.69. The van der Waals surface area contributed by atoms with Gasteiger partial charge >= 0.3 is 0 Å². The second-order valence-electron chi connectivity index (χ2n) is 11.0. The minimum atomic E-state index is -0.511. The Kier molecular flexibility index (Phi) is 6.92. The zero-order valence-electron chi connectivity index (χ0n) is 21.9. The molecule has 1 aliphatic carbocycles. The van der Waals surface area contributed by atoms with Gasteiger partial charge < -0.3 is 21.3 Å². The van der Waals surface area contributed by atoms with Crippen LogP contribution in [0.5, 0.6) is 0 Å². The second-order valence-corrected chi connectivity index (χ2v) is 11.0. The van der Waals surface area contributed by atoms with Crippen LogP contribution in [-0.4, -0.2) is 46.7 Å². The van der Waals surface area contributed by atoms with Crippen molar-refractivity contribution < 1.29 is 14.4 Å². The first kappa shape index (κ1) is 25.2. The van der Waals surface area contributed by atoms with Gasteiger partial charge in [-0.2, -0.15) is 0 Å². The summed E-state index contributed by atoms with van der Waals surface area (Å²) in [5, 5.41) is 6.58. The number of benzene rings is 1. The molecular formula is C29H37N5O3. The van der Waals surface area contributed by atoms with Crippen LogP contribution in [0.1, 0.15) is 95.4 Å². The quantitative estimate of drug-likeness (QED) is 0.441. The Bertz CT molecular complexity index is 1190. The van der Waals surface area contributed by atoms with E-state index in [-0.39, 0.29) is 29.7 Å². The summed E-state index contributed by atoms with van der Waals surface area (Å²) < 4.78 is 0. The van der Waals surface area contributed by atoms with Crippen LogP contribution < -0.4 is 21.3 Å². The number of fused-ring (bicyclic) bond motifs is 2. The highest BCUT2D eigenvalue weighted by Crippen LogP contribution is 2.39. The van der Waals surface area contributed by atoms with Crippen LogP contribution in [0.4, 0.5) is 11.5 Å². The third-order valence-electron chi connectivity index (χ3n) is 8.20. The molecule has 2 aromatic rings. The number of carbonyl (C=O) groups excluding carboxylic acids is 3. The van der Waals surface area contributed by atoms with Crippen molar-refractivity contribution in [3.8, 4) is 0 Å². The van der Waals surface area contributed by atoms with Crippen LogP contribution in [0.3, 0.4) is 0 Å². The van der Waals surface area contributed by atoms with Crippen molar-refractivity contribution >= 4 is 29.1 Å². The van der Waals surface area contributed by atoms with E-state index in [1.165, 1.54) is 0 Å². The minimum Gasteiger partial charge on any atom is -0.382 e. The maximum absolute atomic E-state index is 13.4. The van der Waals surface area contributed by atoms with Gasteiger partial charge in [0.15, 0.2) is 5.78 Å². The highest BCUT2D eigenvalue weighted by molar-refractivity contribution is 6.03. The molecule has 1 aromatic carbocycles. The number of rotatable bonds is 9. The zero-order chi connectivity index (χ0) is 26.3. The van der Waals surface area contributed by atoms with E-state index in [9.17, 15) is 14.4 Å². The Morgan fingerprint density at radius 1 is 1.08 bits per heavy atom. The second kappa shape index (κ2) is 10.1. The number of primary amides is 1. The largest absolute Gasteiger partial charge is 0.382 e. The first-order valence-electron chi connectivity index (χ1n) is 13.6. The molecule has 37 heavy (non-hydrogen) atoms. The molecule has 0 spiro atoms. The van der Waals surface area contributed by atoms with Gasteiger partial charge in [-0.3, -0.25) is 14.4 Å². The maximum atomic E-state index is 13.4. The van der Waals surface area contributed by atoms with Gasteiger partial charge in [0.1, 0.15) is 5.82 Å². The van der Waals surface area contributed by atoms with Crippen LogP contribution in [0, 0.1) is 12.8 Å². The Morgan fingerprint density at radius 3 is 2.35 bits per heavy atom. The molecule has 196 valence electrons. The predicted molar refractivity (Wildman–Crippen MR) is 144 cm³/mol. The Hall–Kier alpha value is -3.42. The maximum Gasteiger partial charge on any atom is 0.251 e. The third-order valence-corrected chi connectivity index (χ3v) is 8.20. The number of nitrogens with one attached hydrogen (secondary N) is 2. The Balaban J connectivity index is 1.27. The number of Topliss-reactive ketones (excluding diaryl/α,β-unsaturated/α-hetero) is 1. The van der Waals surface area contributed by atoms with Crippen molar-refractivity contribution in [2.45, 2.75) is 89.9 Å². The molecule has 2 amide bonds. The van der Waals surface area contributed by atoms with E-state index in [1.807, 2.05) is 26.0 Å². The van der Waals surface area contributed by atoms with Crippen LogP contribution in [0.2, 0.25) is 0 Å². The molecule has 3 unspecified atom stereocenters. The lowest BCUT2D eigenvalue weighted by molar-refractivity contribution is 0.0923. The van der Waals surface area contributed by atoms with Crippen molar-refractivity contribution in [1.82, 2.24) is 10.3 Å². The predicted octanol–water partition coefficient (Wildman–Crippen LogP) is 4.22. The molecule has 2 aliphatic heterocycles. The number of nitrogens with two attached hydrogens (primary N) is 1. The smallest absolute Gasteiger partial charge is 0.251 e. The lowest BCUT2D eigenvalue weighted by Gasteiger charge is -2.40. The minimum absolute atomic E-state index is 0.0677. The first-order chi connectivity index (χ1) is 17.7. The van der Waals surface area contributed by atoms with Crippen molar-refractivity contribution in [2.24, 2.45) is 11.7 Å². The molecule has 3 aliphatic rings. The van der Waals surface area contributed by atoms with E-state index < -0.39 is 5.91 Å². The number of carbonyl (C=O) groups is 3. The number of hydrogen-bond acceptors (Lipinski definition) is 6. The van der Waals surface area contributed by atoms with Gasteiger partial charge in [-0.1, -0.05) is 6.92 Å². The fourth-order valence-electron chi connectivity index (χ4n) is 5.84. The highest BCUT2D eigenvalue weighted by Gasteiger charge is 2.42. The van der Waals surface area contributed by atoms with E-state index in [4.69, 9.17) is 5.73 Å². The van der Waals surface area contributed by atoms with Gasteiger partial charge in [0.05, 0.1) is 5.56 Å². The summed E-state index contributed by atoms with van der Waals surface area (Å²) in [5.74, 6) is 0.692. The van der Waals surface area contributed by atoms with Gasteiger partial charge in [-0.15, -0.1) is 0 Å². The fraction of sp³-hybridized carbons (Fsp3) is 0.517. The van der Waals surface area contributed by atoms with Gasteiger partial charge in [-0.25, -0.2) is 4.98 Å². The molecule has 1 saturated carbocycles. The topological polar surface area (TPSA) is 117 Å². The number of aryl methyl sites for hydroxylation is 1. The van der Waals surface area contributed by atoms with Crippen molar-refractivity contribution in [2.75, 3.05) is 10.2 Å². The normalized spacial score (nSPS) is 23.4. The van der Waals surface area contributed by atoms with Gasteiger partial charge in [0.2, 0.25) is 0 Å². The molecule has 0 radical (unpaired) electrons. The summed E-state index contributed by atoms with van der Waals surface area (Å²) in [6.45, 7) is 5.92. The first-order valence-corrected chi connectivity index (χ1v) is 13.6. The number of piperidine rings is 1. The molecule has 1 aromatic heterocycles. The molecule has 3 heterocycles. The third kappa shape index (κ3) is 5.20. The molecular weight excluding hydrogens is 466 g/mol. The SMILES string of the molecule is CCC(C)Nc1cc(C(=O)NC2CC3CCC(C2)N3c2ccc(C(=O)C3CC3)cn2)c(C)cc1C(N)=O. The monoisotopic (exact) mass is 503 g/mol. The summed E-state index contributed by atoms with van der Waals surface area (Å²) in [6, 6.07) is 8.19. The molecule has 8 heteroatoms. The van der Waals surface area contributed by atoms with Crippen LogP contribution >= 0.6 is 0 Å². The Labute approximate surface area is 218 Å². The lowest BCUT2D eigenvalue weighted by atomic mass is 9.95. The summed E-state index contributed by atoms with van der Waals surface area (Å²) >= 11 is 0. The molecule has 3 fully saturated rings. The molecule has 8 nitrogen and oxygen atoms in total. The van der Waals surface area contributed by atoms with E-state index in [2.05, 4.69) is 27.4 Å². The summed E-state index contributed by atoms with van der Waals surface area (Å²) in [7, 11) is 0. The average molecular weight is 504 g/mol. The number of pyridine rings is 1. The van der Waals surface area contributed by atoms with E-state index in [0.717, 1.165) is 56.3 Å². The van der Waals surface area contributed by atoms with Gasteiger partial charge in [-0.05, 0) is 88.6 Å². The highest BCUT2D eigenvalue weighted by atomic mass is 16.2. The Morgan fingerprint density at radius 2 is 1.78 bits per heavy atom. The van der Waals surface area contributed by atoms with E-state index in [0.29, 0.717) is 34.5 Å². The zero-order valence-corrected chi connectivity index (χ0v) is 21.9. The van der Waals surface area contributed by atoms with E-state index in [1.54, 1.807) is 18.3 Å². The number of anilines is 2. The van der Waals surface area contributed by atoms with Crippen molar-refractivity contribution in [3.63, 3.8) is 0 Å². The number of hydrogen-bond donors (Lipinski definition) is 3. The molecule has 4 N–H and O–H groups in total. The number of aromatic nitrogens is 1. The number of ketones is 1.